The van der Waals surface area contributed by atoms with Gasteiger partial charge in [0.15, 0.2) is 5.69 Å². The molecule has 0 bridgehead atoms. The summed E-state index contributed by atoms with van der Waals surface area (Å²) < 4.78 is 48.0. The number of hydrogen-bond acceptors (Lipinski definition) is 9. The summed E-state index contributed by atoms with van der Waals surface area (Å²) in [5.74, 6) is 0.646. The number of pyridine rings is 1. The Balaban J connectivity index is 1.49. The molecular weight excluding hydrogens is 493 g/mol. The van der Waals surface area contributed by atoms with E-state index in [1.54, 1.807) is 16.9 Å². The topological polar surface area (TPSA) is 119 Å². The first-order valence-electron chi connectivity index (χ1n) is 11.2. The highest BCUT2D eigenvalue weighted by molar-refractivity contribution is 5.59. The van der Waals surface area contributed by atoms with Crippen LogP contribution in [0.3, 0.4) is 0 Å². The fourth-order valence-electron chi connectivity index (χ4n) is 3.60. The third-order valence-electron chi connectivity index (χ3n) is 5.33. The summed E-state index contributed by atoms with van der Waals surface area (Å²) in [6, 6.07) is 10.6. The second kappa shape index (κ2) is 11.2. The van der Waals surface area contributed by atoms with Gasteiger partial charge < -0.3 is 24.1 Å². The fraction of sp³-hybridized carbons (Fsp3) is 0.292. The van der Waals surface area contributed by atoms with Crippen molar-refractivity contribution in [1.82, 2.24) is 24.9 Å². The summed E-state index contributed by atoms with van der Waals surface area (Å²) in [7, 11) is 0. The number of nitrogens with zero attached hydrogens (tertiary/aromatic N) is 6. The molecule has 0 aliphatic heterocycles. The van der Waals surface area contributed by atoms with Gasteiger partial charge >= 0.3 is 6.36 Å². The van der Waals surface area contributed by atoms with E-state index in [1.807, 2.05) is 24.0 Å². The first-order chi connectivity index (χ1) is 17.8. The number of aryl methyl sites for hydroxylation is 1. The number of aldehydes is 1. The molecule has 0 aliphatic rings. The van der Waals surface area contributed by atoms with Gasteiger partial charge in [0.25, 0.3) is 5.89 Å². The minimum Gasteiger partial charge on any atom is -0.406 e. The van der Waals surface area contributed by atoms with Crippen molar-refractivity contribution < 1.29 is 32.3 Å². The molecule has 4 rings (SSSR count). The number of rotatable bonds is 11. The second-order valence-electron chi connectivity index (χ2n) is 8.01. The van der Waals surface area contributed by atoms with Crippen LogP contribution in [0, 0.1) is 6.92 Å². The van der Waals surface area contributed by atoms with Gasteiger partial charge in [0.1, 0.15) is 17.9 Å². The van der Waals surface area contributed by atoms with Crippen LogP contribution >= 0.6 is 0 Å². The molecule has 194 valence electrons. The van der Waals surface area contributed by atoms with E-state index < -0.39 is 6.36 Å². The van der Waals surface area contributed by atoms with E-state index in [4.69, 9.17) is 4.52 Å². The molecule has 0 saturated carbocycles. The van der Waals surface area contributed by atoms with Crippen molar-refractivity contribution in [2.24, 2.45) is 0 Å². The highest BCUT2D eigenvalue weighted by Gasteiger charge is 2.31. The number of anilines is 1. The molecule has 0 aliphatic carbocycles. The minimum atomic E-state index is -4.77. The van der Waals surface area contributed by atoms with Crippen molar-refractivity contribution in [3.63, 3.8) is 0 Å². The van der Waals surface area contributed by atoms with Crippen molar-refractivity contribution in [2.45, 2.75) is 26.3 Å². The Morgan fingerprint density at radius 3 is 2.65 bits per heavy atom. The molecule has 3 aromatic heterocycles. The van der Waals surface area contributed by atoms with E-state index in [0.717, 1.165) is 17.5 Å². The molecule has 0 unspecified atom stereocenters. The number of carbonyl (C=O) groups excluding carboxylic acids is 1. The maximum atomic E-state index is 12.4. The van der Waals surface area contributed by atoms with Gasteiger partial charge in [-0.1, -0.05) is 5.16 Å². The highest BCUT2D eigenvalue weighted by atomic mass is 19.4. The molecule has 1 N–H and O–H groups in total. The van der Waals surface area contributed by atoms with Crippen LogP contribution in [-0.4, -0.2) is 62.4 Å². The predicted octanol–water partition coefficient (Wildman–Crippen LogP) is 3.64. The number of ether oxygens (including phenoxy) is 1. The molecule has 13 heteroatoms. The van der Waals surface area contributed by atoms with Gasteiger partial charge in [0.05, 0.1) is 13.2 Å². The molecule has 0 spiro atoms. The van der Waals surface area contributed by atoms with Crippen molar-refractivity contribution in [3.8, 4) is 28.7 Å². The van der Waals surface area contributed by atoms with E-state index in [-0.39, 0.29) is 24.1 Å². The molecule has 0 radical (unpaired) electrons. The summed E-state index contributed by atoms with van der Waals surface area (Å²) >= 11 is 0. The van der Waals surface area contributed by atoms with Gasteiger partial charge in [0, 0.05) is 37.0 Å². The highest BCUT2D eigenvalue weighted by Crippen LogP contribution is 2.27. The predicted molar refractivity (Wildman–Crippen MR) is 126 cm³/mol. The molecule has 37 heavy (non-hydrogen) atoms. The molecule has 1 aromatic carbocycles. The van der Waals surface area contributed by atoms with E-state index in [1.165, 1.54) is 24.3 Å². The van der Waals surface area contributed by atoms with Crippen LogP contribution in [0.2, 0.25) is 0 Å². The molecule has 0 atom stereocenters. The number of aliphatic hydroxyl groups excluding tert-OH is 1. The summed E-state index contributed by atoms with van der Waals surface area (Å²) in [6.07, 6.45) is -1.97. The third-order valence-corrected chi connectivity index (χ3v) is 5.33. The Morgan fingerprint density at radius 2 is 1.95 bits per heavy atom. The lowest BCUT2D eigenvalue weighted by atomic mass is 10.2. The Morgan fingerprint density at radius 1 is 1.16 bits per heavy atom. The molecule has 0 amide bonds. The van der Waals surface area contributed by atoms with E-state index in [9.17, 15) is 23.1 Å². The lowest BCUT2D eigenvalue weighted by molar-refractivity contribution is -0.274. The number of carbonyl (C=O) groups is 1. The fourth-order valence-corrected chi connectivity index (χ4v) is 3.60. The van der Waals surface area contributed by atoms with Crippen molar-refractivity contribution in [2.75, 3.05) is 24.6 Å². The summed E-state index contributed by atoms with van der Waals surface area (Å²) in [5, 5.41) is 17.8. The lowest BCUT2D eigenvalue weighted by Crippen LogP contribution is -2.29. The van der Waals surface area contributed by atoms with E-state index >= 15 is 0 Å². The number of aliphatic hydroxyl groups is 1. The lowest BCUT2D eigenvalue weighted by Gasteiger charge is -2.22. The van der Waals surface area contributed by atoms with E-state index in [0.29, 0.717) is 43.1 Å². The van der Waals surface area contributed by atoms with Gasteiger partial charge in [-0.3, -0.25) is 4.68 Å². The van der Waals surface area contributed by atoms with Crippen LogP contribution in [0.4, 0.5) is 19.0 Å². The molecule has 3 heterocycles. The van der Waals surface area contributed by atoms with Crippen LogP contribution in [0.1, 0.15) is 17.7 Å². The first kappa shape index (κ1) is 25.8. The maximum absolute atomic E-state index is 12.4. The molecule has 0 saturated heterocycles. The quantitative estimate of drug-likeness (QED) is 0.298. The van der Waals surface area contributed by atoms with Crippen molar-refractivity contribution in [3.05, 3.63) is 59.9 Å². The Bertz CT molecular complexity index is 1340. The average Bonchev–Trinajstić information content (AvgIpc) is 3.49. The van der Waals surface area contributed by atoms with E-state index in [2.05, 4.69) is 25.0 Å². The Hall–Kier alpha value is -4.26. The number of benzene rings is 1. The first-order valence-corrected chi connectivity index (χ1v) is 11.2. The van der Waals surface area contributed by atoms with Crippen LogP contribution < -0.4 is 9.64 Å². The minimum absolute atomic E-state index is 0.0654. The number of halogens is 3. The summed E-state index contributed by atoms with van der Waals surface area (Å²) in [4.78, 5) is 21.3. The number of aromatic nitrogens is 5. The number of alkyl halides is 3. The van der Waals surface area contributed by atoms with Crippen molar-refractivity contribution >= 4 is 12.1 Å². The molecular formula is C24H23F3N6O4. The monoisotopic (exact) mass is 516 g/mol. The zero-order valence-corrected chi connectivity index (χ0v) is 19.7. The smallest absolute Gasteiger partial charge is 0.406 e. The van der Waals surface area contributed by atoms with Crippen LogP contribution in [-0.2, 0) is 11.3 Å². The largest absolute Gasteiger partial charge is 0.573 e. The normalized spacial score (nSPS) is 11.5. The van der Waals surface area contributed by atoms with Gasteiger partial charge in [-0.25, -0.2) is 4.98 Å². The summed E-state index contributed by atoms with van der Waals surface area (Å²) in [5.41, 5.74) is 2.63. The zero-order valence-electron chi connectivity index (χ0n) is 19.7. The molecule has 0 fully saturated rings. The third kappa shape index (κ3) is 6.70. The maximum Gasteiger partial charge on any atom is 0.573 e. The standard InChI is InChI=1S/C24H23F3N6O4/c1-16-13-20(23-29-22(31-37-23)18-3-5-19(6-4-18)36-24(25,26)27)30-33(16)15-17-7-8-28-21(14-17)32(10-12-35)9-2-11-34/h3-8,11,13-14,35H,2,9-10,12,15H2,1H3. The average molecular weight is 516 g/mol. The van der Waals surface area contributed by atoms with Crippen molar-refractivity contribution in [1.29, 1.82) is 0 Å². The van der Waals surface area contributed by atoms with Crippen LogP contribution in [0.25, 0.3) is 23.0 Å². The van der Waals surface area contributed by atoms with Crippen LogP contribution in [0.5, 0.6) is 5.75 Å². The zero-order chi connectivity index (χ0) is 26.4. The molecule has 10 nitrogen and oxygen atoms in total. The number of hydrogen-bond donors (Lipinski definition) is 1. The van der Waals surface area contributed by atoms with Gasteiger partial charge in [0.2, 0.25) is 5.82 Å². The Kier molecular flexibility index (Phi) is 7.82. The van der Waals surface area contributed by atoms with Crippen LogP contribution in [0.15, 0.2) is 53.2 Å². The van der Waals surface area contributed by atoms with Gasteiger partial charge in [-0.15, -0.1) is 13.2 Å². The Labute approximate surface area is 209 Å². The molecule has 4 aromatic rings. The summed E-state index contributed by atoms with van der Waals surface area (Å²) in [6.45, 7) is 3.03. The SMILES string of the molecule is Cc1cc(-c2nc(-c3ccc(OC(F)(F)F)cc3)no2)nn1Cc1ccnc(N(CCO)CCC=O)c1. The second-order valence-corrected chi connectivity index (χ2v) is 8.01. The van der Waals surface area contributed by atoms with Gasteiger partial charge in [-0.2, -0.15) is 10.1 Å². The van der Waals surface area contributed by atoms with Gasteiger partial charge in [-0.05, 0) is 55.0 Å².